The summed E-state index contributed by atoms with van der Waals surface area (Å²) in [6.45, 7) is 2.00. The lowest BCUT2D eigenvalue weighted by atomic mass is 10.1. The summed E-state index contributed by atoms with van der Waals surface area (Å²) < 4.78 is 0. The minimum absolute atomic E-state index is 0.238. The number of aliphatic hydroxyl groups excluding tert-OH is 1. The molecule has 2 heteroatoms. The summed E-state index contributed by atoms with van der Waals surface area (Å²) in [5.74, 6) is 0. The van der Waals surface area contributed by atoms with E-state index in [0.29, 0.717) is 0 Å². The molecule has 2 aromatic rings. The molecule has 0 aliphatic rings. The summed E-state index contributed by atoms with van der Waals surface area (Å²) in [5.41, 5.74) is 3.32. The topological polar surface area (TPSA) is 32.3 Å². The summed E-state index contributed by atoms with van der Waals surface area (Å²) in [6, 6.07) is 18.3. The Morgan fingerprint density at radius 2 is 1.56 bits per heavy atom. The second kappa shape index (κ2) is 6.22. The van der Waals surface area contributed by atoms with Crippen molar-refractivity contribution in [1.82, 2.24) is 0 Å². The normalized spacial score (nSPS) is 12.1. The number of para-hydroxylation sites is 1. The zero-order valence-corrected chi connectivity index (χ0v) is 10.6. The van der Waals surface area contributed by atoms with Gasteiger partial charge in [-0.1, -0.05) is 37.3 Å². The number of anilines is 2. The SMILES string of the molecule is CCC(O)Cc1ccc(Nc2ccccc2)cc1. The first-order valence-corrected chi connectivity index (χ1v) is 6.37. The van der Waals surface area contributed by atoms with Crippen LogP contribution in [0, 0.1) is 0 Å². The Bertz CT molecular complexity index is 464. The van der Waals surface area contributed by atoms with Crippen molar-refractivity contribution in [3.05, 3.63) is 60.2 Å². The van der Waals surface area contributed by atoms with Gasteiger partial charge in [0.1, 0.15) is 0 Å². The summed E-state index contributed by atoms with van der Waals surface area (Å²) in [5, 5.41) is 12.9. The van der Waals surface area contributed by atoms with Crippen LogP contribution in [0.15, 0.2) is 54.6 Å². The third-order valence-electron chi connectivity index (χ3n) is 2.96. The summed E-state index contributed by atoms with van der Waals surface area (Å²) in [4.78, 5) is 0. The van der Waals surface area contributed by atoms with Crippen molar-refractivity contribution < 1.29 is 5.11 Å². The van der Waals surface area contributed by atoms with Crippen molar-refractivity contribution in [1.29, 1.82) is 0 Å². The van der Waals surface area contributed by atoms with E-state index in [1.54, 1.807) is 0 Å². The van der Waals surface area contributed by atoms with Crippen LogP contribution in [0.4, 0.5) is 11.4 Å². The zero-order chi connectivity index (χ0) is 12.8. The van der Waals surface area contributed by atoms with Gasteiger partial charge in [-0.3, -0.25) is 0 Å². The second-order valence-corrected chi connectivity index (χ2v) is 4.45. The highest BCUT2D eigenvalue weighted by Crippen LogP contribution is 2.17. The molecule has 0 aromatic heterocycles. The Morgan fingerprint density at radius 1 is 0.944 bits per heavy atom. The van der Waals surface area contributed by atoms with Crippen LogP contribution < -0.4 is 5.32 Å². The number of nitrogens with one attached hydrogen (secondary N) is 1. The van der Waals surface area contributed by atoms with Crippen LogP contribution in [-0.2, 0) is 6.42 Å². The lowest BCUT2D eigenvalue weighted by Gasteiger charge is -2.09. The highest BCUT2D eigenvalue weighted by Gasteiger charge is 2.02. The van der Waals surface area contributed by atoms with E-state index in [2.05, 4.69) is 17.4 Å². The highest BCUT2D eigenvalue weighted by atomic mass is 16.3. The molecule has 0 aliphatic heterocycles. The monoisotopic (exact) mass is 241 g/mol. The van der Waals surface area contributed by atoms with Gasteiger partial charge < -0.3 is 10.4 Å². The molecule has 0 heterocycles. The number of benzene rings is 2. The molecular weight excluding hydrogens is 222 g/mol. The van der Waals surface area contributed by atoms with Gasteiger partial charge in [-0.2, -0.15) is 0 Å². The molecular formula is C16H19NO. The maximum Gasteiger partial charge on any atom is 0.0577 e. The van der Waals surface area contributed by atoms with Gasteiger partial charge >= 0.3 is 0 Å². The third kappa shape index (κ3) is 3.60. The molecule has 2 N–H and O–H groups in total. The molecule has 0 saturated heterocycles. The van der Waals surface area contributed by atoms with Crippen molar-refractivity contribution in [2.45, 2.75) is 25.9 Å². The Kier molecular flexibility index (Phi) is 4.37. The van der Waals surface area contributed by atoms with Crippen LogP contribution >= 0.6 is 0 Å². The molecule has 0 amide bonds. The molecule has 1 atom stereocenters. The number of rotatable bonds is 5. The molecule has 0 bridgehead atoms. The van der Waals surface area contributed by atoms with E-state index in [-0.39, 0.29) is 6.10 Å². The molecule has 0 radical (unpaired) electrons. The quantitative estimate of drug-likeness (QED) is 0.835. The van der Waals surface area contributed by atoms with Crippen molar-refractivity contribution in [2.24, 2.45) is 0 Å². The van der Waals surface area contributed by atoms with Gasteiger partial charge in [0.05, 0.1) is 6.10 Å². The molecule has 2 aromatic carbocycles. The van der Waals surface area contributed by atoms with E-state index < -0.39 is 0 Å². The average molecular weight is 241 g/mol. The molecule has 0 spiro atoms. The third-order valence-corrected chi connectivity index (χ3v) is 2.96. The van der Waals surface area contributed by atoms with E-state index in [0.717, 1.165) is 24.2 Å². The number of hydrogen-bond acceptors (Lipinski definition) is 2. The van der Waals surface area contributed by atoms with Crippen molar-refractivity contribution in [2.75, 3.05) is 5.32 Å². The second-order valence-electron chi connectivity index (χ2n) is 4.45. The van der Waals surface area contributed by atoms with Crippen molar-refractivity contribution in [3.8, 4) is 0 Å². The van der Waals surface area contributed by atoms with E-state index in [4.69, 9.17) is 0 Å². The molecule has 18 heavy (non-hydrogen) atoms. The Labute approximate surface area is 108 Å². The maximum absolute atomic E-state index is 9.60. The van der Waals surface area contributed by atoms with E-state index in [1.165, 1.54) is 5.56 Å². The molecule has 0 aliphatic carbocycles. The van der Waals surface area contributed by atoms with Gasteiger partial charge in [0.15, 0.2) is 0 Å². The predicted octanol–water partition coefficient (Wildman–Crippen LogP) is 3.74. The Morgan fingerprint density at radius 3 is 2.17 bits per heavy atom. The lowest BCUT2D eigenvalue weighted by Crippen LogP contribution is -2.08. The van der Waals surface area contributed by atoms with E-state index in [1.807, 2.05) is 49.4 Å². The number of aliphatic hydroxyl groups is 1. The van der Waals surface area contributed by atoms with Gasteiger partial charge in [-0.05, 0) is 42.7 Å². The van der Waals surface area contributed by atoms with Crippen LogP contribution in [0.5, 0.6) is 0 Å². The summed E-state index contributed by atoms with van der Waals surface area (Å²) in [7, 11) is 0. The first-order chi connectivity index (χ1) is 8.78. The van der Waals surface area contributed by atoms with Gasteiger partial charge in [0.2, 0.25) is 0 Å². The van der Waals surface area contributed by atoms with Crippen LogP contribution in [-0.4, -0.2) is 11.2 Å². The smallest absolute Gasteiger partial charge is 0.0577 e. The molecule has 2 nitrogen and oxygen atoms in total. The van der Waals surface area contributed by atoms with Crippen molar-refractivity contribution in [3.63, 3.8) is 0 Å². The average Bonchev–Trinajstić information content (AvgIpc) is 2.42. The fraction of sp³-hybridized carbons (Fsp3) is 0.250. The molecule has 1 unspecified atom stereocenters. The maximum atomic E-state index is 9.60. The molecule has 0 saturated carbocycles. The van der Waals surface area contributed by atoms with Gasteiger partial charge in [0.25, 0.3) is 0 Å². The van der Waals surface area contributed by atoms with Crippen molar-refractivity contribution >= 4 is 11.4 Å². The van der Waals surface area contributed by atoms with Gasteiger partial charge in [-0.25, -0.2) is 0 Å². The fourth-order valence-corrected chi connectivity index (χ4v) is 1.83. The standard InChI is InChI=1S/C16H19NO/c1-2-16(18)12-13-8-10-15(11-9-13)17-14-6-4-3-5-7-14/h3-11,16-18H,2,12H2,1H3. The highest BCUT2D eigenvalue weighted by molar-refractivity contribution is 5.59. The Balaban J connectivity index is 2.00. The minimum atomic E-state index is -0.238. The minimum Gasteiger partial charge on any atom is -0.393 e. The van der Waals surface area contributed by atoms with Gasteiger partial charge in [-0.15, -0.1) is 0 Å². The van der Waals surface area contributed by atoms with Crippen LogP contribution in [0.2, 0.25) is 0 Å². The first kappa shape index (κ1) is 12.7. The first-order valence-electron chi connectivity index (χ1n) is 6.37. The van der Waals surface area contributed by atoms with Crippen LogP contribution in [0.1, 0.15) is 18.9 Å². The lowest BCUT2D eigenvalue weighted by molar-refractivity contribution is 0.171. The van der Waals surface area contributed by atoms with Crippen LogP contribution in [0.3, 0.4) is 0 Å². The molecule has 94 valence electrons. The largest absolute Gasteiger partial charge is 0.393 e. The number of hydrogen-bond donors (Lipinski definition) is 2. The Hall–Kier alpha value is -1.80. The summed E-state index contributed by atoms with van der Waals surface area (Å²) in [6.07, 6.45) is 1.28. The van der Waals surface area contributed by atoms with Crippen LogP contribution in [0.25, 0.3) is 0 Å². The predicted molar refractivity (Wildman–Crippen MR) is 76.2 cm³/mol. The molecule has 2 rings (SSSR count). The fourth-order valence-electron chi connectivity index (χ4n) is 1.83. The van der Waals surface area contributed by atoms with E-state index >= 15 is 0 Å². The molecule has 0 fully saturated rings. The summed E-state index contributed by atoms with van der Waals surface area (Å²) >= 11 is 0. The van der Waals surface area contributed by atoms with E-state index in [9.17, 15) is 5.11 Å². The van der Waals surface area contributed by atoms with Gasteiger partial charge in [0, 0.05) is 11.4 Å². The zero-order valence-electron chi connectivity index (χ0n) is 10.6.